The third kappa shape index (κ3) is 6.12. The molecule has 0 aliphatic carbocycles. The Bertz CT molecular complexity index is 944. The molecule has 2 aromatic rings. The van der Waals surface area contributed by atoms with Crippen LogP contribution in [0.15, 0.2) is 60.4 Å². The average Bonchev–Trinajstić information content (AvgIpc) is 2.75. The number of aliphatic hydroxyl groups excluding tert-OH is 1. The zero-order chi connectivity index (χ0) is 21.9. The topological polar surface area (TPSA) is 73.6 Å². The largest absolute Gasteiger partial charge is 0.395 e. The second-order valence-corrected chi connectivity index (χ2v) is 6.89. The molecule has 1 aromatic carbocycles. The molecule has 6 heteroatoms. The van der Waals surface area contributed by atoms with Crippen molar-refractivity contribution in [3.05, 3.63) is 66.5 Å². The van der Waals surface area contributed by atoms with Gasteiger partial charge in [0, 0.05) is 63.0 Å². The second kappa shape index (κ2) is 11.7. The Morgan fingerprint density at radius 3 is 2.73 bits per heavy atom. The summed E-state index contributed by atoms with van der Waals surface area (Å²) in [6.07, 6.45) is 10.4. The van der Waals surface area contributed by atoms with E-state index in [0.717, 1.165) is 34.3 Å². The van der Waals surface area contributed by atoms with Crippen LogP contribution in [-0.4, -0.2) is 60.5 Å². The van der Waals surface area contributed by atoms with E-state index in [1.807, 2.05) is 55.7 Å². The van der Waals surface area contributed by atoms with Crippen LogP contribution in [-0.2, 0) is 0 Å². The highest BCUT2D eigenvalue weighted by Crippen LogP contribution is 2.26. The smallest absolute Gasteiger partial charge is 0.161 e. The van der Waals surface area contributed by atoms with E-state index in [4.69, 9.17) is 4.98 Å². The molecule has 0 bridgehead atoms. The summed E-state index contributed by atoms with van der Waals surface area (Å²) in [6.45, 7) is 6.42. The maximum atomic E-state index is 9.28. The summed E-state index contributed by atoms with van der Waals surface area (Å²) in [5.74, 6) is 1.28. The molecule has 1 aromatic heterocycles. The van der Waals surface area contributed by atoms with Gasteiger partial charge < -0.3 is 15.3 Å². The summed E-state index contributed by atoms with van der Waals surface area (Å²) < 4.78 is 0. The number of aliphatic hydroxyl groups is 1. The number of nitrogens with zero attached hydrogens (tertiary/aromatic N) is 4. The summed E-state index contributed by atoms with van der Waals surface area (Å²) in [5.41, 5.74) is 4.77. The SMILES string of the molecule is C=C/C(=C\N(C)C)c1cccc(-c2ncc(C(/C=N\C)=C/CC)c(NCCO)n2)c1. The van der Waals surface area contributed by atoms with Gasteiger partial charge in [-0.3, -0.25) is 4.99 Å². The zero-order valence-electron chi connectivity index (χ0n) is 18.3. The number of rotatable bonds is 10. The van der Waals surface area contributed by atoms with Crippen molar-refractivity contribution in [2.75, 3.05) is 39.6 Å². The highest BCUT2D eigenvalue weighted by Gasteiger charge is 2.12. The third-order valence-electron chi connectivity index (χ3n) is 4.27. The van der Waals surface area contributed by atoms with Crippen molar-refractivity contribution < 1.29 is 5.11 Å². The van der Waals surface area contributed by atoms with E-state index in [9.17, 15) is 5.11 Å². The van der Waals surface area contributed by atoms with Gasteiger partial charge in [-0.2, -0.15) is 0 Å². The number of aliphatic imine (C=N–C) groups is 1. The van der Waals surface area contributed by atoms with Crippen molar-refractivity contribution in [3.8, 4) is 11.4 Å². The molecule has 0 amide bonds. The molecular formula is C24H31N5O. The lowest BCUT2D eigenvalue weighted by molar-refractivity contribution is 0.311. The van der Waals surface area contributed by atoms with Crippen molar-refractivity contribution in [2.24, 2.45) is 4.99 Å². The average molecular weight is 406 g/mol. The lowest BCUT2D eigenvalue weighted by Crippen LogP contribution is -2.10. The van der Waals surface area contributed by atoms with Gasteiger partial charge in [0.1, 0.15) is 5.82 Å². The molecule has 0 spiro atoms. The van der Waals surface area contributed by atoms with Crippen LogP contribution in [0.25, 0.3) is 22.5 Å². The van der Waals surface area contributed by atoms with Crippen molar-refractivity contribution in [2.45, 2.75) is 13.3 Å². The Labute approximate surface area is 179 Å². The van der Waals surface area contributed by atoms with Gasteiger partial charge in [-0.05, 0) is 23.6 Å². The number of aromatic nitrogens is 2. The predicted octanol–water partition coefficient (Wildman–Crippen LogP) is 4.13. The molecule has 158 valence electrons. The third-order valence-corrected chi connectivity index (χ3v) is 4.27. The quantitative estimate of drug-likeness (QED) is 0.459. The van der Waals surface area contributed by atoms with E-state index < -0.39 is 0 Å². The molecular weight excluding hydrogens is 374 g/mol. The van der Waals surface area contributed by atoms with Crippen LogP contribution < -0.4 is 5.32 Å². The highest BCUT2D eigenvalue weighted by atomic mass is 16.3. The fourth-order valence-electron chi connectivity index (χ4n) is 2.99. The van der Waals surface area contributed by atoms with Gasteiger partial charge in [0.25, 0.3) is 0 Å². The standard InChI is InChI=1S/C24H31N5O/c1-6-9-21(15-25-3)22-16-27-23(28-24(22)26-12-13-30)20-11-8-10-19(14-20)18(7-2)17-29(4)5/h7-11,14-17,30H,2,6,12-13H2,1,3-5H3,(H,26,27,28)/b18-17+,21-9+,25-15-. The van der Waals surface area contributed by atoms with Crippen LogP contribution in [0.3, 0.4) is 0 Å². The normalized spacial score (nSPS) is 12.3. The number of hydrogen-bond donors (Lipinski definition) is 2. The second-order valence-electron chi connectivity index (χ2n) is 6.89. The highest BCUT2D eigenvalue weighted by molar-refractivity contribution is 6.11. The van der Waals surface area contributed by atoms with E-state index in [1.54, 1.807) is 13.3 Å². The van der Waals surface area contributed by atoms with Gasteiger partial charge in [0.2, 0.25) is 0 Å². The Hall–Kier alpha value is -3.25. The van der Waals surface area contributed by atoms with Crippen LogP contribution >= 0.6 is 0 Å². The zero-order valence-corrected chi connectivity index (χ0v) is 18.3. The predicted molar refractivity (Wildman–Crippen MR) is 128 cm³/mol. The number of anilines is 1. The van der Waals surface area contributed by atoms with Gasteiger partial charge in [0.05, 0.1) is 6.61 Å². The Morgan fingerprint density at radius 2 is 2.10 bits per heavy atom. The van der Waals surface area contributed by atoms with E-state index in [-0.39, 0.29) is 6.61 Å². The van der Waals surface area contributed by atoms with Gasteiger partial charge in [0.15, 0.2) is 5.82 Å². The van der Waals surface area contributed by atoms with E-state index in [0.29, 0.717) is 18.2 Å². The molecule has 2 N–H and O–H groups in total. The minimum absolute atomic E-state index is 0.0149. The lowest BCUT2D eigenvalue weighted by Gasteiger charge is -2.13. The van der Waals surface area contributed by atoms with Crippen molar-refractivity contribution in [3.63, 3.8) is 0 Å². The molecule has 0 saturated carbocycles. The molecule has 6 nitrogen and oxygen atoms in total. The molecule has 0 aliphatic rings. The fourth-order valence-corrected chi connectivity index (χ4v) is 2.99. The maximum absolute atomic E-state index is 9.28. The summed E-state index contributed by atoms with van der Waals surface area (Å²) in [4.78, 5) is 15.5. The molecule has 30 heavy (non-hydrogen) atoms. The first-order valence-corrected chi connectivity index (χ1v) is 10.00. The van der Waals surface area contributed by atoms with E-state index in [2.05, 4.69) is 40.9 Å². The first kappa shape index (κ1) is 23.0. The molecule has 0 unspecified atom stereocenters. The number of hydrogen-bond acceptors (Lipinski definition) is 6. The van der Waals surface area contributed by atoms with Crippen LogP contribution in [0, 0.1) is 0 Å². The molecule has 0 atom stereocenters. The maximum Gasteiger partial charge on any atom is 0.161 e. The summed E-state index contributed by atoms with van der Waals surface area (Å²) >= 11 is 0. The Kier molecular flexibility index (Phi) is 8.97. The van der Waals surface area contributed by atoms with Gasteiger partial charge in [-0.15, -0.1) is 0 Å². The molecule has 2 rings (SSSR count). The minimum atomic E-state index is 0.0149. The van der Waals surface area contributed by atoms with Crippen molar-refractivity contribution in [1.29, 1.82) is 0 Å². The van der Waals surface area contributed by atoms with Gasteiger partial charge in [-0.25, -0.2) is 9.97 Å². The summed E-state index contributed by atoms with van der Waals surface area (Å²) in [7, 11) is 5.70. The fraction of sp³-hybridized carbons (Fsp3) is 0.292. The molecule has 1 heterocycles. The Morgan fingerprint density at radius 1 is 1.30 bits per heavy atom. The first-order valence-electron chi connectivity index (χ1n) is 10.00. The molecule has 0 saturated heterocycles. The molecule has 0 fully saturated rings. The number of allylic oxidation sites excluding steroid dienone is 4. The van der Waals surface area contributed by atoms with Crippen LogP contribution in [0.2, 0.25) is 0 Å². The van der Waals surface area contributed by atoms with E-state index in [1.165, 1.54) is 0 Å². The minimum Gasteiger partial charge on any atom is -0.395 e. The molecule has 0 aliphatic heterocycles. The van der Waals surface area contributed by atoms with E-state index >= 15 is 0 Å². The summed E-state index contributed by atoms with van der Waals surface area (Å²) in [6, 6.07) is 8.07. The van der Waals surface area contributed by atoms with Crippen LogP contribution in [0.4, 0.5) is 5.82 Å². The van der Waals surface area contributed by atoms with Gasteiger partial charge >= 0.3 is 0 Å². The lowest BCUT2D eigenvalue weighted by atomic mass is 10.0. The van der Waals surface area contributed by atoms with Crippen LogP contribution in [0.1, 0.15) is 24.5 Å². The number of nitrogens with one attached hydrogen (secondary N) is 1. The van der Waals surface area contributed by atoms with Gasteiger partial charge in [-0.1, -0.05) is 43.9 Å². The van der Waals surface area contributed by atoms with Crippen molar-refractivity contribution in [1.82, 2.24) is 14.9 Å². The summed E-state index contributed by atoms with van der Waals surface area (Å²) in [5, 5.41) is 12.5. The molecule has 0 radical (unpaired) electrons. The van der Waals surface area contributed by atoms with Crippen molar-refractivity contribution >= 4 is 23.2 Å². The first-order chi connectivity index (χ1) is 14.5. The number of benzene rings is 1. The van der Waals surface area contributed by atoms with Crippen LogP contribution in [0.5, 0.6) is 0 Å². The Balaban J connectivity index is 2.54. The monoisotopic (exact) mass is 405 g/mol.